The van der Waals surface area contributed by atoms with Gasteiger partial charge in [-0.3, -0.25) is 14.2 Å². The lowest BCUT2D eigenvalue weighted by atomic mass is 10.2. The molecule has 0 saturated heterocycles. The van der Waals surface area contributed by atoms with Crippen LogP contribution >= 0.6 is 0 Å². The summed E-state index contributed by atoms with van der Waals surface area (Å²) in [5.74, 6) is 0.576. The number of para-hydroxylation sites is 1. The first-order valence-electron chi connectivity index (χ1n) is 9.43. The van der Waals surface area contributed by atoms with Gasteiger partial charge in [-0.15, -0.1) is 0 Å². The fraction of sp³-hybridized carbons (Fsp3) is 0.400. The molecule has 0 unspecified atom stereocenters. The lowest BCUT2D eigenvalue weighted by Gasteiger charge is -2.13. The quantitative estimate of drug-likeness (QED) is 0.752. The molecule has 4 rings (SSSR count). The van der Waals surface area contributed by atoms with Crippen molar-refractivity contribution in [2.75, 3.05) is 0 Å². The van der Waals surface area contributed by atoms with E-state index < -0.39 is 0 Å². The van der Waals surface area contributed by atoms with Crippen molar-refractivity contribution in [2.45, 2.75) is 51.6 Å². The minimum atomic E-state index is -0.159. The first-order valence-corrected chi connectivity index (χ1v) is 9.43. The minimum Gasteiger partial charge on any atom is -0.353 e. The van der Waals surface area contributed by atoms with E-state index in [-0.39, 0.29) is 17.9 Å². The average Bonchev–Trinajstić information content (AvgIpc) is 3.32. The number of carbonyl (C=O) groups is 1. The van der Waals surface area contributed by atoms with Crippen molar-refractivity contribution in [1.29, 1.82) is 0 Å². The molecule has 1 aliphatic rings. The van der Waals surface area contributed by atoms with Crippen LogP contribution in [-0.4, -0.2) is 31.3 Å². The van der Waals surface area contributed by atoms with Gasteiger partial charge in [0.25, 0.3) is 5.56 Å². The Hall–Kier alpha value is -2.96. The van der Waals surface area contributed by atoms with Gasteiger partial charge in [0.15, 0.2) is 5.65 Å². The largest absolute Gasteiger partial charge is 0.353 e. The van der Waals surface area contributed by atoms with E-state index >= 15 is 0 Å². The monoisotopic (exact) mass is 365 g/mol. The van der Waals surface area contributed by atoms with Gasteiger partial charge >= 0.3 is 0 Å². The third-order valence-corrected chi connectivity index (χ3v) is 5.16. The smallest absolute Gasteiger partial charge is 0.264 e. The molecule has 0 radical (unpaired) electrons. The molecule has 0 spiro atoms. The Morgan fingerprint density at radius 3 is 2.70 bits per heavy atom. The van der Waals surface area contributed by atoms with Crippen molar-refractivity contribution >= 4 is 16.9 Å². The second-order valence-corrected chi connectivity index (χ2v) is 7.04. The predicted octanol–water partition coefficient (Wildman–Crippen LogP) is 2.34. The first-order chi connectivity index (χ1) is 13.1. The van der Waals surface area contributed by atoms with Gasteiger partial charge in [-0.05, 0) is 31.9 Å². The molecule has 1 aliphatic carbocycles. The van der Waals surface area contributed by atoms with Crippen molar-refractivity contribution in [3.63, 3.8) is 0 Å². The van der Waals surface area contributed by atoms with Crippen LogP contribution in [0.5, 0.6) is 0 Å². The second kappa shape index (κ2) is 7.34. The lowest BCUT2D eigenvalue weighted by Crippen LogP contribution is -2.34. The predicted molar refractivity (Wildman–Crippen MR) is 103 cm³/mol. The van der Waals surface area contributed by atoms with Crippen LogP contribution in [0.15, 0.2) is 41.3 Å². The Kier molecular flexibility index (Phi) is 4.75. The molecule has 0 aliphatic heterocycles. The zero-order valence-electron chi connectivity index (χ0n) is 15.4. The number of nitrogens with one attached hydrogen (secondary N) is 1. The summed E-state index contributed by atoms with van der Waals surface area (Å²) in [5.41, 5.74) is 1.23. The summed E-state index contributed by atoms with van der Waals surface area (Å²) < 4.78 is 3.23. The number of fused-ring (bicyclic) bond motifs is 1. The Morgan fingerprint density at radius 1 is 1.22 bits per heavy atom. The van der Waals surface area contributed by atoms with Crippen LogP contribution < -0.4 is 10.9 Å². The highest BCUT2D eigenvalue weighted by molar-refractivity contribution is 5.77. The molecule has 1 aromatic carbocycles. The van der Waals surface area contributed by atoms with Gasteiger partial charge in [0.2, 0.25) is 5.91 Å². The van der Waals surface area contributed by atoms with E-state index in [1.807, 2.05) is 30.3 Å². The maximum Gasteiger partial charge on any atom is 0.264 e. The third-order valence-electron chi connectivity index (χ3n) is 5.16. The van der Waals surface area contributed by atoms with Crippen LogP contribution in [0.1, 0.15) is 37.9 Å². The van der Waals surface area contributed by atoms with Gasteiger partial charge in [0.05, 0.1) is 11.9 Å². The molecule has 1 fully saturated rings. The molecular formula is C20H23N5O2. The summed E-state index contributed by atoms with van der Waals surface area (Å²) in [6.45, 7) is 2.11. The van der Waals surface area contributed by atoms with Crippen molar-refractivity contribution in [2.24, 2.45) is 0 Å². The zero-order chi connectivity index (χ0) is 18.8. The molecule has 7 heteroatoms. The highest BCUT2D eigenvalue weighted by atomic mass is 16.2. The number of benzene rings is 1. The minimum absolute atomic E-state index is 0.00622. The molecule has 140 valence electrons. The van der Waals surface area contributed by atoms with Crippen LogP contribution in [0, 0.1) is 6.92 Å². The summed E-state index contributed by atoms with van der Waals surface area (Å²) in [5, 5.41) is 7.85. The van der Waals surface area contributed by atoms with Gasteiger partial charge in [-0.2, -0.15) is 5.10 Å². The Bertz CT molecular complexity index is 1020. The van der Waals surface area contributed by atoms with Crippen LogP contribution in [0.3, 0.4) is 0 Å². The maximum atomic E-state index is 12.9. The van der Waals surface area contributed by atoms with Gasteiger partial charge in [0.1, 0.15) is 11.2 Å². The maximum absolute atomic E-state index is 12.9. The standard InChI is InChI=1S/C20H23N5O2/c1-14-22-19-17(13-21-25(19)16-9-3-2-4-10-16)20(27)24(14)12-11-18(26)23-15-7-5-6-8-15/h2-4,9-10,13,15H,5-8,11-12H2,1H3,(H,23,26). The van der Waals surface area contributed by atoms with Crippen LogP contribution in [0.2, 0.25) is 0 Å². The van der Waals surface area contributed by atoms with Crippen LogP contribution in [-0.2, 0) is 11.3 Å². The van der Waals surface area contributed by atoms with E-state index in [0.29, 0.717) is 29.4 Å². The molecule has 1 N–H and O–H groups in total. The van der Waals surface area contributed by atoms with Gasteiger partial charge in [-0.1, -0.05) is 31.0 Å². The fourth-order valence-electron chi connectivity index (χ4n) is 3.71. The molecule has 27 heavy (non-hydrogen) atoms. The molecular weight excluding hydrogens is 342 g/mol. The number of carbonyl (C=O) groups excluding carboxylic acids is 1. The summed E-state index contributed by atoms with van der Waals surface area (Å²) in [4.78, 5) is 29.7. The second-order valence-electron chi connectivity index (χ2n) is 7.04. The number of amides is 1. The molecule has 2 heterocycles. The number of rotatable bonds is 5. The lowest BCUT2D eigenvalue weighted by molar-refractivity contribution is -0.122. The van der Waals surface area contributed by atoms with E-state index in [9.17, 15) is 9.59 Å². The molecule has 0 bridgehead atoms. The highest BCUT2D eigenvalue weighted by Crippen LogP contribution is 2.18. The van der Waals surface area contributed by atoms with Crippen molar-refractivity contribution in [1.82, 2.24) is 24.6 Å². The van der Waals surface area contributed by atoms with E-state index in [1.54, 1.807) is 22.4 Å². The summed E-state index contributed by atoms with van der Waals surface area (Å²) >= 11 is 0. The fourth-order valence-corrected chi connectivity index (χ4v) is 3.71. The summed E-state index contributed by atoms with van der Waals surface area (Å²) in [6.07, 6.45) is 6.28. The normalized spacial score (nSPS) is 14.7. The van der Waals surface area contributed by atoms with E-state index in [4.69, 9.17) is 0 Å². The average molecular weight is 365 g/mol. The molecule has 3 aromatic rings. The van der Waals surface area contributed by atoms with Gasteiger partial charge in [0, 0.05) is 19.0 Å². The first kappa shape index (κ1) is 17.5. The number of hydrogen-bond donors (Lipinski definition) is 1. The zero-order valence-corrected chi connectivity index (χ0v) is 15.4. The van der Waals surface area contributed by atoms with E-state index in [0.717, 1.165) is 18.5 Å². The summed E-state index contributed by atoms with van der Waals surface area (Å²) in [6, 6.07) is 9.89. The van der Waals surface area contributed by atoms with Crippen molar-refractivity contribution in [3.8, 4) is 5.69 Å². The van der Waals surface area contributed by atoms with Crippen molar-refractivity contribution < 1.29 is 4.79 Å². The molecule has 0 atom stereocenters. The SMILES string of the molecule is Cc1nc2c(cnn2-c2ccccc2)c(=O)n1CCC(=O)NC1CCCC1. The third kappa shape index (κ3) is 3.49. The molecule has 2 aromatic heterocycles. The van der Waals surface area contributed by atoms with Crippen LogP contribution in [0.25, 0.3) is 16.7 Å². The van der Waals surface area contributed by atoms with Crippen LogP contribution in [0.4, 0.5) is 0 Å². The topological polar surface area (TPSA) is 81.8 Å². The highest BCUT2D eigenvalue weighted by Gasteiger charge is 2.18. The molecule has 1 amide bonds. The van der Waals surface area contributed by atoms with Crippen molar-refractivity contribution in [3.05, 3.63) is 52.7 Å². The number of aromatic nitrogens is 4. The number of nitrogens with zero attached hydrogens (tertiary/aromatic N) is 4. The van der Waals surface area contributed by atoms with Gasteiger partial charge < -0.3 is 5.32 Å². The number of hydrogen-bond acceptors (Lipinski definition) is 4. The molecule has 7 nitrogen and oxygen atoms in total. The van der Waals surface area contributed by atoms with E-state index in [2.05, 4.69) is 15.4 Å². The molecule has 1 saturated carbocycles. The van der Waals surface area contributed by atoms with Gasteiger partial charge in [-0.25, -0.2) is 9.67 Å². The Morgan fingerprint density at radius 2 is 1.96 bits per heavy atom. The summed E-state index contributed by atoms with van der Waals surface area (Å²) in [7, 11) is 0. The Balaban J connectivity index is 1.57. The Labute approximate surface area is 157 Å². The van der Waals surface area contributed by atoms with E-state index in [1.165, 1.54) is 12.8 Å². The number of aryl methyl sites for hydroxylation is 1.